The van der Waals surface area contributed by atoms with E-state index in [1.165, 1.54) is 24.8 Å². The minimum Gasteiger partial charge on any atom is -0.478 e. The standard InChI is InChI=1S/C33H33N5O3/c39-31(36-15-17-37(18-16-36)33-34-13-6-14-35-33)25-19-23-9-4-5-10-26(23)30-29(22-7-2-1-3-8-22)27-12-11-24(32(40)41)20-28(27)38(30)21-25/h4-6,9-14,19-20,22H,1-3,7-8,15-18,21H2,(H,40,41). The zero-order chi connectivity index (χ0) is 27.9. The molecule has 8 heteroatoms. The maximum atomic E-state index is 14.1. The van der Waals surface area contributed by atoms with Gasteiger partial charge in [-0.2, -0.15) is 0 Å². The first kappa shape index (κ1) is 25.5. The second kappa shape index (κ2) is 10.5. The van der Waals surface area contributed by atoms with Gasteiger partial charge in [-0.3, -0.25) is 4.79 Å². The number of carbonyl (C=O) groups is 2. The van der Waals surface area contributed by atoms with Crippen LogP contribution in [0.25, 0.3) is 28.2 Å². The number of carbonyl (C=O) groups excluding carboxylic acids is 1. The summed E-state index contributed by atoms with van der Waals surface area (Å²) >= 11 is 0. The number of hydrogen-bond donors (Lipinski definition) is 1. The second-order valence-electron chi connectivity index (χ2n) is 11.3. The number of hydrogen-bond acceptors (Lipinski definition) is 5. The normalized spacial score (nSPS) is 17.5. The number of anilines is 1. The molecule has 0 spiro atoms. The van der Waals surface area contributed by atoms with Crippen LogP contribution in [0.4, 0.5) is 5.95 Å². The van der Waals surface area contributed by atoms with E-state index >= 15 is 0 Å². The summed E-state index contributed by atoms with van der Waals surface area (Å²) in [6.07, 6.45) is 11.4. The molecule has 1 aliphatic carbocycles. The van der Waals surface area contributed by atoms with Gasteiger partial charge in [0.25, 0.3) is 5.91 Å². The van der Waals surface area contributed by atoms with Crippen molar-refractivity contribution in [1.29, 1.82) is 0 Å². The van der Waals surface area contributed by atoms with Crippen LogP contribution in [-0.4, -0.2) is 62.6 Å². The van der Waals surface area contributed by atoms with Gasteiger partial charge in [-0.15, -0.1) is 0 Å². The molecule has 2 aromatic heterocycles. The Morgan fingerprint density at radius 2 is 1.63 bits per heavy atom. The summed E-state index contributed by atoms with van der Waals surface area (Å²) in [5.41, 5.74) is 6.45. The zero-order valence-corrected chi connectivity index (χ0v) is 23.0. The highest BCUT2D eigenvalue weighted by Crippen LogP contribution is 2.46. The second-order valence-corrected chi connectivity index (χ2v) is 11.3. The van der Waals surface area contributed by atoms with Gasteiger partial charge in [-0.25, -0.2) is 14.8 Å². The molecule has 0 radical (unpaired) electrons. The first-order valence-corrected chi connectivity index (χ1v) is 14.6. The number of aromatic nitrogens is 3. The predicted molar refractivity (Wildman–Crippen MR) is 159 cm³/mol. The highest BCUT2D eigenvalue weighted by Gasteiger charge is 2.32. The molecule has 1 saturated heterocycles. The number of fused-ring (bicyclic) bond motifs is 5. The molecule has 4 heterocycles. The van der Waals surface area contributed by atoms with E-state index in [0.717, 1.165) is 40.6 Å². The molecule has 0 bridgehead atoms. The summed E-state index contributed by atoms with van der Waals surface area (Å²) in [7, 11) is 0. The lowest BCUT2D eigenvalue weighted by Crippen LogP contribution is -2.49. The zero-order valence-electron chi connectivity index (χ0n) is 23.0. The molecule has 2 fully saturated rings. The minimum absolute atomic E-state index is 0.0248. The van der Waals surface area contributed by atoms with E-state index in [-0.39, 0.29) is 11.5 Å². The van der Waals surface area contributed by atoms with E-state index < -0.39 is 5.97 Å². The van der Waals surface area contributed by atoms with Crippen molar-refractivity contribution in [3.8, 4) is 11.3 Å². The first-order valence-electron chi connectivity index (χ1n) is 14.6. The van der Waals surface area contributed by atoms with Crippen LogP contribution in [0.5, 0.6) is 0 Å². The average Bonchev–Trinajstić information content (AvgIpc) is 3.24. The van der Waals surface area contributed by atoms with Crippen LogP contribution in [0.15, 0.2) is 66.5 Å². The number of rotatable bonds is 4. The number of piperazine rings is 1. The number of aromatic carboxylic acids is 1. The maximum Gasteiger partial charge on any atom is 0.335 e. The molecule has 1 amide bonds. The topological polar surface area (TPSA) is 91.6 Å². The average molecular weight is 548 g/mol. The Labute approximate surface area is 238 Å². The lowest BCUT2D eigenvalue weighted by Gasteiger charge is -2.35. The molecule has 1 N–H and O–H groups in total. The fraction of sp³-hybridized carbons (Fsp3) is 0.333. The molecule has 0 atom stereocenters. The lowest BCUT2D eigenvalue weighted by atomic mass is 9.81. The molecular weight excluding hydrogens is 514 g/mol. The first-order chi connectivity index (χ1) is 20.1. The van der Waals surface area contributed by atoms with Gasteiger partial charge in [0.15, 0.2) is 0 Å². The van der Waals surface area contributed by atoms with E-state index in [9.17, 15) is 14.7 Å². The van der Waals surface area contributed by atoms with Crippen molar-refractivity contribution in [2.24, 2.45) is 0 Å². The molecule has 2 aliphatic heterocycles. The smallest absolute Gasteiger partial charge is 0.335 e. The van der Waals surface area contributed by atoms with Gasteiger partial charge in [0, 0.05) is 60.6 Å². The maximum absolute atomic E-state index is 14.1. The molecule has 1 saturated carbocycles. The van der Waals surface area contributed by atoms with E-state index in [1.807, 2.05) is 17.0 Å². The summed E-state index contributed by atoms with van der Waals surface area (Å²) < 4.78 is 2.22. The summed E-state index contributed by atoms with van der Waals surface area (Å²) in [6, 6.07) is 15.6. The van der Waals surface area contributed by atoms with Crippen LogP contribution in [-0.2, 0) is 11.3 Å². The highest BCUT2D eigenvalue weighted by molar-refractivity contribution is 6.03. The molecule has 2 aromatic carbocycles. The van der Waals surface area contributed by atoms with Gasteiger partial charge in [0.1, 0.15) is 0 Å². The molecule has 41 heavy (non-hydrogen) atoms. The lowest BCUT2D eigenvalue weighted by molar-refractivity contribution is -0.127. The van der Waals surface area contributed by atoms with Crippen molar-refractivity contribution in [2.75, 3.05) is 31.1 Å². The fourth-order valence-corrected chi connectivity index (χ4v) is 6.91. The van der Waals surface area contributed by atoms with Crippen molar-refractivity contribution in [1.82, 2.24) is 19.4 Å². The van der Waals surface area contributed by atoms with Crippen LogP contribution in [0.3, 0.4) is 0 Å². The van der Waals surface area contributed by atoms with Crippen LogP contribution < -0.4 is 4.90 Å². The monoisotopic (exact) mass is 547 g/mol. The Bertz CT molecular complexity index is 1660. The van der Waals surface area contributed by atoms with Gasteiger partial charge in [0.05, 0.1) is 17.8 Å². The minimum atomic E-state index is -0.942. The van der Waals surface area contributed by atoms with Crippen LogP contribution in [0.2, 0.25) is 0 Å². The Morgan fingerprint density at radius 3 is 2.39 bits per heavy atom. The van der Waals surface area contributed by atoms with Crippen molar-refractivity contribution in [3.05, 3.63) is 83.2 Å². The van der Waals surface area contributed by atoms with Crippen LogP contribution in [0, 0.1) is 0 Å². The summed E-state index contributed by atoms with van der Waals surface area (Å²) in [5, 5.41) is 10.9. The Morgan fingerprint density at radius 1 is 0.878 bits per heavy atom. The molecule has 3 aliphatic rings. The van der Waals surface area contributed by atoms with Gasteiger partial charge in [-0.1, -0.05) is 49.6 Å². The Kier molecular flexibility index (Phi) is 6.53. The number of nitrogens with zero attached hydrogens (tertiary/aromatic N) is 5. The predicted octanol–water partition coefficient (Wildman–Crippen LogP) is 5.59. The van der Waals surface area contributed by atoms with Gasteiger partial charge < -0.3 is 19.5 Å². The van der Waals surface area contributed by atoms with Gasteiger partial charge in [-0.05, 0) is 54.2 Å². The third-order valence-electron chi connectivity index (χ3n) is 8.91. The van der Waals surface area contributed by atoms with E-state index in [0.29, 0.717) is 50.2 Å². The molecular formula is C33H33N5O3. The highest BCUT2D eigenvalue weighted by atomic mass is 16.4. The van der Waals surface area contributed by atoms with Crippen molar-refractivity contribution in [2.45, 2.75) is 44.6 Å². The van der Waals surface area contributed by atoms with Crippen LogP contribution in [0.1, 0.15) is 59.5 Å². The number of amides is 1. The molecule has 0 unspecified atom stereocenters. The van der Waals surface area contributed by atoms with Crippen molar-refractivity contribution in [3.63, 3.8) is 0 Å². The van der Waals surface area contributed by atoms with Gasteiger partial charge >= 0.3 is 5.97 Å². The Hall–Kier alpha value is -4.46. The van der Waals surface area contributed by atoms with Crippen molar-refractivity contribution >= 4 is 34.8 Å². The SMILES string of the molecule is O=C(O)c1ccc2c(C3CCCCC3)c3n(c2c1)CC(C(=O)N1CCN(c2ncccn2)CC1)=Cc1ccccc1-3. The number of benzene rings is 2. The van der Waals surface area contributed by atoms with E-state index in [4.69, 9.17) is 0 Å². The number of carboxylic acid groups (broad SMARTS) is 1. The third kappa shape index (κ3) is 4.57. The summed E-state index contributed by atoms with van der Waals surface area (Å²) in [6.45, 7) is 2.92. The number of carboxylic acids is 1. The fourth-order valence-electron chi connectivity index (χ4n) is 6.91. The summed E-state index contributed by atoms with van der Waals surface area (Å²) in [4.78, 5) is 38.9. The quantitative estimate of drug-likeness (QED) is 0.358. The van der Waals surface area contributed by atoms with Crippen LogP contribution >= 0.6 is 0 Å². The molecule has 7 rings (SSSR count). The van der Waals surface area contributed by atoms with Crippen molar-refractivity contribution < 1.29 is 14.7 Å². The largest absolute Gasteiger partial charge is 0.478 e. The Balaban J connectivity index is 1.30. The van der Waals surface area contributed by atoms with Gasteiger partial charge in [0.2, 0.25) is 5.95 Å². The summed E-state index contributed by atoms with van der Waals surface area (Å²) in [5.74, 6) is 0.187. The molecule has 4 aromatic rings. The van der Waals surface area contributed by atoms with E-state index in [2.05, 4.69) is 43.7 Å². The third-order valence-corrected chi connectivity index (χ3v) is 8.91. The molecule has 8 nitrogen and oxygen atoms in total. The van der Waals surface area contributed by atoms with E-state index in [1.54, 1.807) is 30.6 Å². The molecule has 208 valence electrons.